The number of nitrogens with one attached hydrogen (secondary N) is 2. The quantitative estimate of drug-likeness (QED) is 0.631. The Bertz CT molecular complexity index is 889. The Morgan fingerprint density at radius 1 is 1.26 bits per heavy atom. The van der Waals surface area contributed by atoms with Crippen LogP contribution in [0.3, 0.4) is 0 Å². The number of thiazole rings is 1. The van der Waals surface area contributed by atoms with Crippen molar-refractivity contribution < 1.29 is 4.79 Å². The molecule has 0 bridgehead atoms. The molecule has 0 radical (unpaired) electrons. The lowest BCUT2D eigenvalue weighted by Crippen LogP contribution is -2.29. The van der Waals surface area contributed by atoms with Gasteiger partial charge in [0, 0.05) is 34.3 Å². The lowest BCUT2D eigenvalue weighted by molar-refractivity contribution is 0.251. The molecule has 0 fully saturated rings. The highest BCUT2D eigenvalue weighted by Crippen LogP contribution is 2.26. The number of amides is 2. The van der Waals surface area contributed by atoms with Crippen molar-refractivity contribution in [3.05, 3.63) is 52.6 Å². The summed E-state index contributed by atoms with van der Waals surface area (Å²) in [4.78, 5) is 19.6. The fourth-order valence-electron chi connectivity index (χ4n) is 2.35. The molecule has 0 aliphatic carbocycles. The van der Waals surface area contributed by atoms with Crippen molar-refractivity contribution in [2.45, 2.75) is 13.1 Å². The van der Waals surface area contributed by atoms with E-state index < -0.39 is 0 Å². The van der Waals surface area contributed by atoms with Gasteiger partial charge in [-0.3, -0.25) is 5.32 Å². The van der Waals surface area contributed by atoms with Gasteiger partial charge in [-0.1, -0.05) is 23.7 Å². The van der Waals surface area contributed by atoms with Gasteiger partial charge in [-0.25, -0.2) is 14.5 Å². The Morgan fingerprint density at radius 3 is 2.78 bits per heavy atom. The van der Waals surface area contributed by atoms with Gasteiger partial charge in [-0.2, -0.15) is 5.10 Å². The molecule has 1 aromatic carbocycles. The van der Waals surface area contributed by atoms with Gasteiger partial charge < -0.3 is 10.2 Å². The maximum Gasteiger partial charge on any atom is 0.320 e. The third-order valence-corrected chi connectivity index (χ3v) is 5.08. The standard InChI is InChI=1S/C18H21ClN6OS/c1-24(2)9-10-25-16(7-8-22-25)23-18(26)21-12-15-11-20-17(27-15)13-3-5-14(19)6-4-13/h3-8,11H,9-10,12H2,1-2H3,(H2,21,23,26). The average Bonchev–Trinajstić information content (AvgIpc) is 3.28. The highest BCUT2D eigenvalue weighted by atomic mass is 35.5. The first-order chi connectivity index (χ1) is 13.0. The van der Waals surface area contributed by atoms with Gasteiger partial charge in [0.2, 0.25) is 0 Å². The average molecular weight is 405 g/mol. The zero-order chi connectivity index (χ0) is 19.2. The summed E-state index contributed by atoms with van der Waals surface area (Å²) in [6.07, 6.45) is 3.45. The van der Waals surface area contributed by atoms with Crippen molar-refractivity contribution >= 4 is 34.8 Å². The number of carbonyl (C=O) groups is 1. The molecule has 0 atom stereocenters. The summed E-state index contributed by atoms with van der Waals surface area (Å²) in [7, 11) is 3.99. The molecule has 2 aromatic heterocycles. The van der Waals surface area contributed by atoms with Crippen LogP contribution in [0, 0.1) is 0 Å². The predicted octanol–water partition coefficient (Wildman–Crippen LogP) is 3.54. The van der Waals surface area contributed by atoms with E-state index in [2.05, 4.69) is 25.6 Å². The lowest BCUT2D eigenvalue weighted by atomic mass is 10.2. The predicted molar refractivity (Wildman–Crippen MR) is 109 cm³/mol. The maximum absolute atomic E-state index is 12.2. The van der Waals surface area contributed by atoms with Gasteiger partial charge in [0.05, 0.1) is 19.3 Å². The Balaban J connectivity index is 1.53. The summed E-state index contributed by atoms with van der Waals surface area (Å²) in [5.74, 6) is 0.667. The largest absolute Gasteiger partial charge is 0.333 e. The van der Waals surface area contributed by atoms with E-state index in [1.54, 1.807) is 23.1 Å². The molecule has 3 aromatic rings. The van der Waals surface area contributed by atoms with Crippen molar-refractivity contribution in [3.63, 3.8) is 0 Å². The second-order valence-corrected chi connectivity index (χ2v) is 7.74. The van der Waals surface area contributed by atoms with Crippen LogP contribution >= 0.6 is 22.9 Å². The van der Waals surface area contributed by atoms with Crippen LogP contribution in [0.2, 0.25) is 5.02 Å². The molecule has 0 aliphatic heterocycles. The number of aromatic nitrogens is 3. The van der Waals surface area contributed by atoms with E-state index in [9.17, 15) is 4.79 Å². The summed E-state index contributed by atoms with van der Waals surface area (Å²) in [6, 6.07) is 9.04. The highest BCUT2D eigenvalue weighted by Gasteiger charge is 2.09. The molecule has 2 heterocycles. The molecular formula is C18H21ClN6OS. The van der Waals surface area contributed by atoms with Crippen LogP contribution in [0.25, 0.3) is 10.6 Å². The van der Waals surface area contributed by atoms with Crippen molar-refractivity contribution in [1.29, 1.82) is 0 Å². The van der Waals surface area contributed by atoms with Crippen LogP contribution in [0.4, 0.5) is 10.6 Å². The number of likely N-dealkylation sites (N-methyl/N-ethyl adjacent to an activating group) is 1. The van der Waals surface area contributed by atoms with E-state index >= 15 is 0 Å². The second-order valence-electron chi connectivity index (χ2n) is 6.19. The molecule has 0 unspecified atom stereocenters. The SMILES string of the molecule is CN(C)CCn1nccc1NC(=O)NCc1cnc(-c2ccc(Cl)cc2)s1. The van der Waals surface area contributed by atoms with E-state index in [-0.39, 0.29) is 6.03 Å². The molecule has 0 spiro atoms. The fraction of sp³-hybridized carbons (Fsp3) is 0.278. The molecule has 27 heavy (non-hydrogen) atoms. The third-order valence-electron chi connectivity index (χ3n) is 3.79. The monoisotopic (exact) mass is 404 g/mol. The van der Waals surface area contributed by atoms with Crippen LogP contribution in [-0.2, 0) is 13.1 Å². The Labute approximate surface area is 167 Å². The molecule has 7 nitrogen and oxygen atoms in total. The van der Waals surface area contributed by atoms with Gasteiger partial charge in [0.15, 0.2) is 0 Å². The van der Waals surface area contributed by atoms with E-state index in [4.69, 9.17) is 11.6 Å². The van der Waals surface area contributed by atoms with E-state index in [1.165, 1.54) is 11.3 Å². The number of halogens is 1. The summed E-state index contributed by atoms with van der Waals surface area (Å²) in [5, 5.41) is 11.5. The van der Waals surface area contributed by atoms with Crippen molar-refractivity contribution in [1.82, 2.24) is 25.0 Å². The van der Waals surface area contributed by atoms with Gasteiger partial charge >= 0.3 is 6.03 Å². The Hall–Kier alpha value is -2.42. The van der Waals surface area contributed by atoms with E-state index in [0.717, 1.165) is 22.0 Å². The van der Waals surface area contributed by atoms with Crippen molar-refractivity contribution in [2.24, 2.45) is 0 Å². The number of rotatable bonds is 7. The minimum absolute atomic E-state index is 0.275. The number of anilines is 1. The normalized spacial score (nSPS) is 11.0. The molecule has 0 aliphatic rings. The summed E-state index contributed by atoms with van der Waals surface area (Å²) < 4.78 is 1.77. The van der Waals surface area contributed by atoms with Crippen molar-refractivity contribution in [2.75, 3.05) is 26.0 Å². The number of nitrogens with zero attached hydrogens (tertiary/aromatic N) is 4. The van der Waals surface area contributed by atoms with E-state index in [1.807, 2.05) is 38.4 Å². The van der Waals surface area contributed by atoms with Gasteiger partial charge in [0.25, 0.3) is 0 Å². The first-order valence-electron chi connectivity index (χ1n) is 8.43. The van der Waals surface area contributed by atoms with Gasteiger partial charge in [0.1, 0.15) is 10.8 Å². The second kappa shape index (κ2) is 8.98. The molecule has 0 saturated heterocycles. The van der Waals surface area contributed by atoms with Crippen LogP contribution in [0.5, 0.6) is 0 Å². The molecule has 2 amide bonds. The molecule has 3 rings (SSSR count). The minimum Gasteiger partial charge on any atom is -0.333 e. The third kappa shape index (κ3) is 5.53. The van der Waals surface area contributed by atoms with Gasteiger partial charge in [-0.15, -0.1) is 11.3 Å². The first kappa shape index (κ1) is 19.3. The smallest absolute Gasteiger partial charge is 0.320 e. The topological polar surface area (TPSA) is 75.1 Å². The van der Waals surface area contributed by atoms with Crippen molar-refractivity contribution in [3.8, 4) is 10.6 Å². The number of benzene rings is 1. The zero-order valence-corrected chi connectivity index (χ0v) is 16.7. The zero-order valence-electron chi connectivity index (χ0n) is 15.1. The lowest BCUT2D eigenvalue weighted by Gasteiger charge is -2.12. The summed E-state index contributed by atoms with van der Waals surface area (Å²) >= 11 is 7.45. The molecular weight excluding hydrogens is 384 g/mol. The Morgan fingerprint density at radius 2 is 2.04 bits per heavy atom. The number of hydrogen-bond donors (Lipinski definition) is 2. The fourth-order valence-corrected chi connectivity index (χ4v) is 3.34. The number of urea groups is 1. The minimum atomic E-state index is -0.275. The summed E-state index contributed by atoms with van der Waals surface area (Å²) in [5.41, 5.74) is 1.00. The first-order valence-corrected chi connectivity index (χ1v) is 9.63. The van der Waals surface area contributed by atoms with Gasteiger partial charge in [-0.05, 0) is 26.2 Å². The Kier molecular flexibility index (Phi) is 6.44. The number of hydrogen-bond acceptors (Lipinski definition) is 5. The van der Waals surface area contributed by atoms with Crippen LogP contribution < -0.4 is 10.6 Å². The molecule has 0 saturated carbocycles. The molecule has 2 N–H and O–H groups in total. The maximum atomic E-state index is 12.2. The van der Waals surface area contributed by atoms with Crippen LogP contribution in [0.1, 0.15) is 4.88 Å². The van der Waals surface area contributed by atoms with Crippen LogP contribution in [-0.4, -0.2) is 46.3 Å². The van der Waals surface area contributed by atoms with E-state index in [0.29, 0.717) is 23.9 Å². The summed E-state index contributed by atoms with van der Waals surface area (Å²) in [6.45, 7) is 1.95. The molecule has 142 valence electrons. The highest BCUT2D eigenvalue weighted by molar-refractivity contribution is 7.15. The number of carbonyl (C=O) groups excluding carboxylic acids is 1. The van der Waals surface area contributed by atoms with Crippen LogP contribution in [0.15, 0.2) is 42.7 Å². The molecule has 9 heteroatoms.